The van der Waals surface area contributed by atoms with E-state index in [1.165, 1.54) is 12.1 Å². The van der Waals surface area contributed by atoms with E-state index in [4.69, 9.17) is 28.9 Å². The largest absolute Gasteiger partial charge is 0.364 e. The monoisotopic (exact) mass is 336 g/mol. The summed E-state index contributed by atoms with van der Waals surface area (Å²) in [6, 6.07) is 7.94. The first-order chi connectivity index (χ1) is 10.4. The smallest absolute Gasteiger partial charge is 0.265 e. The molecule has 0 bridgehead atoms. The van der Waals surface area contributed by atoms with Gasteiger partial charge in [0.25, 0.3) is 5.91 Å². The van der Waals surface area contributed by atoms with Gasteiger partial charge in [-0.3, -0.25) is 4.79 Å². The Hall–Kier alpha value is -2.04. The minimum absolute atomic E-state index is 0.0440. The van der Waals surface area contributed by atoms with Crippen molar-refractivity contribution in [3.63, 3.8) is 0 Å². The number of nitrogens with one attached hydrogen (secondary N) is 1. The van der Waals surface area contributed by atoms with Crippen LogP contribution in [0, 0.1) is 12.7 Å². The molecule has 0 aliphatic rings. The Morgan fingerprint density at radius 2 is 1.95 bits per heavy atom. The number of benzene rings is 2. The van der Waals surface area contributed by atoms with Gasteiger partial charge in [0.1, 0.15) is 11.5 Å². The zero-order valence-electron chi connectivity index (χ0n) is 11.5. The molecular weight excluding hydrogens is 326 g/mol. The molecular formula is C16H11Cl2FN2O. The highest BCUT2D eigenvalue weighted by molar-refractivity contribution is 6.32. The van der Waals surface area contributed by atoms with Crippen LogP contribution in [0.4, 0.5) is 4.39 Å². The highest BCUT2D eigenvalue weighted by Gasteiger charge is 2.16. The number of H-pyrrole nitrogens is 1. The van der Waals surface area contributed by atoms with Gasteiger partial charge >= 0.3 is 0 Å². The second kappa shape index (κ2) is 5.30. The van der Waals surface area contributed by atoms with Crippen LogP contribution in [-0.4, -0.2) is 10.9 Å². The Morgan fingerprint density at radius 3 is 2.59 bits per heavy atom. The van der Waals surface area contributed by atoms with Crippen molar-refractivity contribution in [2.45, 2.75) is 6.92 Å². The summed E-state index contributed by atoms with van der Waals surface area (Å²) in [7, 11) is 0. The van der Waals surface area contributed by atoms with E-state index in [1.807, 2.05) is 0 Å². The van der Waals surface area contributed by atoms with Crippen LogP contribution >= 0.6 is 23.2 Å². The number of carbonyl (C=O) groups is 1. The summed E-state index contributed by atoms with van der Waals surface area (Å²) in [6.07, 6.45) is 0. The second-order valence-corrected chi connectivity index (χ2v) is 5.84. The SMILES string of the molecule is Cc1c(C(N)=O)[nH]c2c(-c3ccc(Cl)c(F)c3)cc(Cl)cc12. The van der Waals surface area contributed by atoms with Crippen LogP contribution in [0.25, 0.3) is 22.0 Å². The van der Waals surface area contributed by atoms with E-state index in [0.29, 0.717) is 32.9 Å². The zero-order valence-corrected chi connectivity index (χ0v) is 13.0. The van der Waals surface area contributed by atoms with Crippen molar-refractivity contribution in [2.24, 2.45) is 5.73 Å². The van der Waals surface area contributed by atoms with Crippen molar-refractivity contribution < 1.29 is 9.18 Å². The number of amides is 1. The van der Waals surface area contributed by atoms with E-state index >= 15 is 0 Å². The topological polar surface area (TPSA) is 58.9 Å². The van der Waals surface area contributed by atoms with Crippen LogP contribution < -0.4 is 5.73 Å². The molecule has 0 unspecified atom stereocenters. The van der Waals surface area contributed by atoms with Gasteiger partial charge in [0.2, 0.25) is 0 Å². The Labute approximate surface area is 135 Å². The number of nitrogens with two attached hydrogens (primary N) is 1. The van der Waals surface area contributed by atoms with Gasteiger partial charge in [-0.05, 0) is 42.3 Å². The molecule has 112 valence electrons. The molecule has 0 radical (unpaired) electrons. The molecule has 0 aliphatic heterocycles. The fourth-order valence-corrected chi connectivity index (χ4v) is 2.86. The molecule has 0 aliphatic carbocycles. The maximum Gasteiger partial charge on any atom is 0.265 e. The molecule has 22 heavy (non-hydrogen) atoms. The minimum atomic E-state index is -0.557. The van der Waals surface area contributed by atoms with Gasteiger partial charge in [0, 0.05) is 16.0 Å². The van der Waals surface area contributed by atoms with Gasteiger partial charge in [-0.15, -0.1) is 0 Å². The molecule has 2 aromatic carbocycles. The van der Waals surface area contributed by atoms with E-state index < -0.39 is 11.7 Å². The fourth-order valence-electron chi connectivity index (χ4n) is 2.53. The molecule has 0 atom stereocenters. The summed E-state index contributed by atoms with van der Waals surface area (Å²) in [5, 5.41) is 1.30. The zero-order chi connectivity index (χ0) is 16.0. The maximum absolute atomic E-state index is 13.7. The van der Waals surface area contributed by atoms with E-state index in [9.17, 15) is 9.18 Å². The summed E-state index contributed by atoms with van der Waals surface area (Å²) in [6.45, 7) is 1.78. The van der Waals surface area contributed by atoms with E-state index in [2.05, 4.69) is 4.98 Å². The highest BCUT2D eigenvalue weighted by atomic mass is 35.5. The number of primary amides is 1. The Kier molecular flexibility index (Phi) is 3.59. The molecule has 0 saturated carbocycles. The van der Waals surface area contributed by atoms with Gasteiger partial charge in [0.05, 0.1) is 10.5 Å². The van der Waals surface area contributed by atoms with Crippen molar-refractivity contribution >= 4 is 40.0 Å². The third-order valence-corrected chi connectivity index (χ3v) is 4.13. The molecule has 0 spiro atoms. The molecule has 6 heteroatoms. The van der Waals surface area contributed by atoms with Crippen molar-refractivity contribution in [1.29, 1.82) is 0 Å². The lowest BCUT2D eigenvalue weighted by Crippen LogP contribution is -2.12. The van der Waals surface area contributed by atoms with Gasteiger partial charge in [0.15, 0.2) is 0 Å². The average molecular weight is 337 g/mol. The summed E-state index contributed by atoms with van der Waals surface area (Å²) in [5.74, 6) is -1.08. The van der Waals surface area contributed by atoms with Gasteiger partial charge in [-0.25, -0.2) is 4.39 Å². The van der Waals surface area contributed by atoms with Crippen LogP contribution in [-0.2, 0) is 0 Å². The summed E-state index contributed by atoms with van der Waals surface area (Å²) >= 11 is 11.9. The van der Waals surface area contributed by atoms with E-state index in [0.717, 1.165) is 5.39 Å². The van der Waals surface area contributed by atoms with Crippen molar-refractivity contribution in [2.75, 3.05) is 0 Å². The van der Waals surface area contributed by atoms with Crippen LogP contribution in [0.15, 0.2) is 30.3 Å². The first-order valence-electron chi connectivity index (χ1n) is 6.45. The molecule has 1 heterocycles. The normalized spacial score (nSPS) is 11.1. The maximum atomic E-state index is 13.7. The van der Waals surface area contributed by atoms with Gasteiger partial charge in [-0.1, -0.05) is 29.3 Å². The second-order valence-electron chi connectivity index (χ2n) is 4.99. The van der Waals surface area contributed by atoms with Crippen LogP contribution in [0.3, 0.4) is 0 Å². The Balaban J connectivity index is 2.35. The first kappa shape index (κ1) is 14.9. The number of fused-ring (bicyclic) bond motifs is 1. The van der Waals surface area contributed by atoms with Gasteiger partial charge < -0.3 is 10.7 Å². The number of hydrogen-bond acceptors (Lipinski definition) is 1. The number of carbonyl (C=O) groups excluding carboxylic acids is 1. The van der Waals surface area contributed by atoms with E-state index in [1.54, 1.807) is 25.1 Å². The van der Waals surface area contributed by atoms with Gasteiger partial charge in [-0.2, -0.15) is 0 Å². The number of aromatic amines is 1. The Bertz CT molecular complexity index is 918. The molecule has 0 saturated heterocycles. The van der Waals surface area contributed by atoms with Crippen molar-refractivity contribution in [3.8, 4) is 11.1 Å². The predicted molar refractivity (Wildman–Crippen MR) is 87.0 cm³/mol. The molecule has 3 N–H and O–H groups in total. The quantitative estimate of drug-likeness (QED) is 0.700. The lowest BCUT2D eigenvalue weighted by atomic mass is 10.0. The average Bonchev–Trinajstić information content (AvgIpc) is 2.79. The van der Waals surface area contributed by atoms with Crippen LogP contribution in [0.1, 0.15) is 16.1 Å². The lowest BCUT2D eigenvalue weighted by Gasteiger charge is -2.06. The number of rotatable bonds is 2. The van der Waals surface area contributed by atoms with Crippen molar-refractivity contribution in [3.05, 3.63) is 57.5 Å². The highest BCUT2D eigenvalue weighted by Crippen LogP contribution is 2.35. The fraction of sp³-hybridized carbons (Fsp3) is 0.0625. The molecule has 3 rings (SSSR count). The third-order valence-electron chi connectivity index (χ3n) is 3.61. The minimum Gasteiger partial charge on any atom is -0.364 e. The standard InChI is InChI=1S/C16H11Cl2FN2O/c1-7-10-5-9(17)6-11(15(10)21-14(7)16(20)22)8-2-3-12(18)13(19)4-8/h2-6,21H,1H3,(H2,20,22). The molecule has 1 amide bonds. The number of halogens is 3. The number of aromatic nitrogens is 1. The number of aryl methyl sites for hydroxylation is 1. The molecule has 1 aromatic heterocycles. The van der Waals surface area contributed by atoms with Crippen LogP contribution in [0.2, 0.25) is 10.0 Å². The lowest BCUT2D eigenvalue weighted by molar-refractivity contribution is 0.0996. The molecule has 3 aromatic rings. The molecule has 3 nitrogen and oxygen atoms in total. The summed E-state index contributed by atoms with van der Waals surface area (Å²) in [4.78, 5) is 14.5. The van der Waals surface area contributed by atoms with Crippen LogP contribution in [0.5, 0.6) is 0 Å². The summed E-state index contributed by atoms with van der Waals surface area (Å²) < 4.78 is 13.7. The third kappa shape index (κ3) is 2.34. The number of hydrogen-bond donors (Lipinski definition) is 2. The Morgan fingerprint density at radius 1 is 1.23 bits per heavy atom. The first-order valence-corrected chi connectivity index (χ1v) is 7.21. The van der Waals surface area contributed by atoms with Crippen molar-refractivity contribution in [1.82, 2.24) is 4.98 Å². The predicted octanol–water partition coefficient (Wildman–Crippen LogP) is 4.69. The molecule has 0 fully saturated rings. The van der Waals surface area contributed by atoms with E-state index in [-0.39, 0.29) is 5.02 Å². The summed E-state index contributed by atoms with van der Waals surface area (Å²) in [5.41, 5.74) is 8.35.